The number of hydrazone groups is 1. The third-order valence-electron chi connectivity index (χ3n) is 6.03. The van der Waals surface area contributed by atoms with Crippen LogP contribution in [0.1, 0.15) is 49.9 Å². The van der Waals surface area contributed by atoms with Crippen molar-refractivity contribution in [2.75, 3.05) is 18.1 Å². The lowest BCUT2D eigenvalue weighted by atomic mass is 9.98. The molecule has 0 aliphatic carbocycles. The van der Waals surface area contributed by atoms with Gasteiger partial charge in [0.1, 0.15) is 5.71 Å². The first kappa shape index (κ1) is 22.0. The molecular formula is C26H30N4O2. The van der Waals surface area contributed by atoms with E-state index in [-0.39, 0.29) is 23.9 Å². The van der Waals surface area contributed by atoms with Crippen LogP contribution in [-0.4, -0.2) is 41.6 Å². The molecule has 2 aliphatic heterocycles. The SMILES string of the molecule is CC/C=C1/C(=O)N(c2cccc(C3CN(C(C)=O)CC(C)N3)c2)N=C1c1ccccc1C. The second-order valence-electron chi connectivity index (χ2n) is 8.55. The van der Waals surface area contributed by atoms with Gasteiger partial charge < -0.3 is 10.2 Å². The van der Waals surface area contributed by atoms with E-state index in [0.717, 1.165) is 28.8 Å². The predicted octanol–water partition coefficient (Wildman–Crippen LogP) is 3.96. The molecule has 0 aromatic heterocycles. The van der Waals surface area contributed by atoms with E-state index < -0.39 is 0 Å². The molecular weight excluding hydrogens is 400 g/mol. The Bertz CT molecular complexity index is 1100. The maximum Gasteiger partial charge on any atom is 0.280 e. The van der Waals surface area contributed by atoms with Crippen LogP contribution in [0.15, 0.2) is 65.3 Å². The summed E-state index contributed by atoms with van der Waals surface area (Å²) in [5, 5.41) is 9.84. The molecule has 32 heavy (non-hydrogen) atoms. The van der Waals surface area contributed by atoms with Crippen LogP contribution in [0.2, 0.25) is 0 Å². The maximum atomic E-state index is 13.3. The van der Waals surface area contributed by atoms with Crippen LogP contribution >= 0.6 is 0 Å². The molecule has 0 bridgehead atoms. The summed E-state index contributed by atoms with van der Waals surface area (Å²) >= 11 is 0. The van der Waals surface area contributed by atoms with Crippen molar-refractivity contribution in [3.05, 3.63) is 76.9 Å². The summed E-state index contributed by atoms with van der Waals surface area (Å²) in [4.78, 5) is 27.2. The summed E-state index contributed by atoms with van der Waals surface area (Å²) in [6.07, 6.45) is 2.71. The second-order valence-corrected chi connectivity index (χ2v) is 8.55. The molecule has 6 heteroatoms. The molecule has 2 unspecified atom stereocenters. The van der Waals surface area contributed by atoms with Crippen LogP contribution in [0.3, 0.4) is 0 Å². The Labute approximate surface area is 189 Å². The Hall–Kier alpha value is -3.25. The lowest BCUT2D eigenvalue weighted by Crippen LogP contribution is -2.52. The maximum absolute atomic E-state index is 13.3. The third kappa shape index (κ3) is 4.23. The van der Waals surface area contributed by atoms with Gasteiger partial charge in [-0.25, -0.2) is 0 Å². The first-order valence-electron chi connectivity index (χ1n) is 11.2. The third-order valence-corrected chi connectivity index (χ3v) is 6.03. The van der Waals surface area contributed by atoms with Gasteiger partial charge in [0.15, 0.2) is 0 Å². The topological polar surface area (TPSA) is 65.0 Å². The second kappa shape index (κ2) is 9.09. The van der Waals surface area contributed by atoms with Crippen LogP contribution in [0.4, 0.5) is 5.69 Å². The summed E-state index contributed by atoms with van der Waals surface area (Å²) < 4.78 is 0. The highest BCUT2D eigenvalue weighted by Gasteiger charge is 2.33. The van der Waals surface area contributed by atoms with Crippen LogP contribution in [0.5, 0.6) is 0 Å². The number of hydrogen-bond acceptors (Lipinski definition) is 4. The summed E-state index contributed by atoms with van der Waals surface area (Å²) in [5.74, 6) is -0.0337. The minimum absolute atomic E-state index is 0.00535. The quantitative estimate of drug-likeness (QED) is 0.747. The zero-order chi connectivity index (χ0) is 22.8. The number of aryl methyl sites for hydroxylation is 1. The van der Waals surface area contributed by atoms with Crippen LogP contribution < -0.4 is 10.3 Å². The number of carbonyl (C=O) groups excluding carboxylic acids is 2. The van der Waals surface area contributed by atoms with E-state index in [4.69, 9.17) is 5.10 Å². The molecule has 2 aromatic carbocycles. The molecule has 1 fully saturated rings. The van der Waals surface area contributed by atoms with E-state index in [0.29, 0.717) is 24.4 Å². The molecule has 1 saturated heterocycles. The Kier molecular flexibility index (Phi) is 6.24. The zero-order valence-electron chi connectivity index (χ0n) is 19.1. The minimum Gasteiger partial charge on any atom is -0.339 e. The number of anilines is 1. The van der Waals surface area contributed by atoms with Gasteiger partial charge in [-0.2, -0.15) is 10.1 Å². The first-order chi connectivity index (χ1) is 15.4. The number of nitrogens with zero attached hydrogens (tertiary/aromatic N) is 3. The van der Waals surface area contributed by atoms with Gasteiger partial charge in [-0.3, -0.25) is 9.59 Å². The van der Waals surface area contributed by atoms with Crippen molar-refractivity contribution in [2.45, 2.75) is 46.2 Å². The number of piperazine rings is 1. The number of carbonyl (C=O) groups is 2. The van der Waals surface area contributed by atoms with Crippen molar-refractivity contribution in [3.8, 4) is 0 Å². The van der Waals surface area contributed by atoms with Gasteiger partial charge in [0.25, 0.3) is 5.91 Å². The summed E-state index contributed by atoms with van der Waals surface area (Å²) in [7, 11) is 0. The molecule has 2 aromatic rings. The summed E-state index contributed by atoms with van der Waals surface area (Å²) in [6.45, 7) is 9.05. The molecule has 4 rings (SSSR count). The van der Waals surface area contributed by atoms with Crippen LogP contribution in [0, 0.1) is 6.92 Å². The average molecular weight is 431 g/mol. The molecule has 166 valence electrons. The largest absolute Gasteiger partial charge is 0.339 e. The molecule has 2 aliphatic rings. The van der Waals surface area contributed by atoms with Crippen molar-refractivity contribution in [1.29, 1.82) is 0 Å². The van der Waals surface area contributed by atoms with Gasteiger partial charge >= 0.3 is 0 Å². The number of benzene rings is 2. The Morgan fingerprint density at radius 2 is 1.97 bits per heavy atom. The molecule has 2 atom stereocenters. The van der Waals surface area contributed by atoms with E-state index >= 15 is 0 Å². The number of allylic oxidation sites excluding steroid dienone is 1. The fraction of sp³-hybridized carbons (Fsp3) is 0.346. The minimum atomic E-state index is -0.113. The number of nitrogens with one attached hydrogen (secondary N) is 1. The van der Waals surface area contributed by atoms with E-state index in [2.05, 4.69) is 12.2 Å². The lowest BCUT2D eigenvalue weighted by molar-refractivity contribution is -0.130. The van der Waals surface area contributed by atoms with Crippen molar-refractivity contribution >= 4 is 23.2 Å². The van der Waals surface area contributed by atoms with Gasteiger partial charge in [-0.1, -0.05) is 49.4 Å². The molecule has 0 saturated carbocycles. The number of hydrogen-bond donors (Lipinski definition) is 1. The van der Waals surface area contributed by atoms with Gasteiger partial charge in [0, 0.05) is 31.6 Å². The van der Waals surface area contributed by atoms with Crippen molar-refractivity contribution in [2.24, 2.45) is 5.10 Å². The van der Waals surface area contributed by atoms with Crippen molar-refractivity contribution < 1.29 is 9.59 Å². The van der Waals surface area contributed by atoms with Gasteiger partial charge in [-0.05, 0) is 43.5 Å². The molecule has 1 N–H and O–H groups in total. The molecule has 6 nitrogen and oxygen atoms in total. The van der Waals surface area contributed by atoms with Gasteiger partial charge in [0.05, 0.1) is 17.3 Å². The zero-order valence-corrected chi connectivity index (χ0v) is 19.1. The molecule has 2 amide bonds. The van der Waals surface area contributed by atoms with E-state index in [1.165, 1.54) is 5.01 Å². The van der Waals surface area contributed by atoms with E-state index in [9.17, 15) is 9.59 Å². The van der Waals surface area contributed by atoms with E-state index in [1.807, 2.05) is 73.4 Å². The van der Waals surface area contributed by atoms with Crippen molar-refractivity contribution in [3.63, 3.8) is 0 Å². The average Bonchev–Trinajstić information content (AvgIpc) is 3.10. The standard InChI is InChI=1S/C26H30N4O2/c1-5-9-23-25(22-13-7-6-10-17(22)2)28-30(26(23)32)21-12-8-11-20(14-21)24-16-29(19(4)31)15-18(3)27-24/h6-14,18,24,27H,5,15-16H2,1-4H3/b23-9+. The number of rotatable bonds is 4. The highest BCUT2D eigenvalue weighted by Crippen LogP contribution is 2.30. The predicted molar refractivity (Wildman–Crippen MR) is 128 cm³/mol. The lowest BCUT2D eigenvalue weighted by Gasteiger charge is -2.37. The highest BCUT2D eigenvalue weighted by molar-refractivity contribution is 6.35. The Balaban J connectivity index is 1.69. The molecule has 0 spiro atoms. The van der Waals surface area contributed by atoms with E-state index in [1.54, 1.807) is 6.92 Å². The van der Waals surface area contributed by atoms with Crippen molar-refractivity contribution in [1.82, 2.24) is 10.2 Å². The smallest absolute Gasteiger partial charge is 0.280 e. The summed E-state index contributed by atoms with van der Waals surface area (Å²) in [6, 6.07) is 16.1. The van der Waals surface area contributed by atoms with Crippen LogP contribution in [0.25, 0.3) is 0 Å². The summed E-state index contributed by atoms with van der Waals surface area (Å²) in [5.41, 5.74) is 5.17. The van der Waals surface area contributed by atoms with Crippen LogP contribution in [-0.2, 0) is 9.59 Å². The van der Waals surface area contributed by atoms with Gasteiger partial charge in [0.2, 0.25) is 5.91 Å². The number of amides is 2. The Morgan fingerprint density at radius 1 is 1.19 bits per heavy atom. The molecule has 2 heterocycles. The highest BCUT2D eigenvalue weighted by atomic mass is 16.2. The fourth-order valence-electron chi connectivity index (χ4n) is 4.42. The van der Waals surface area contributed by atoms with Gasteiger partial charge in [-0.15, -0.1) is 0 Å². The first-order valence-corrected chi connectivity index (χ1v) is 11.2. The Morgan fingerprint density at radius 3 is 2.69 bits per heavy atom. The monoisotopic (exact) mass is 430 g/mol. The molecule has 0 radical (unpaired) electrons. The fourth-order valence-corrected chi connectivity index (χ4v) is 4.42. The normalized spacial score (nSPS) is 22.4.